The summed E-state index contributed by atoms with van der Waals surface area (Å²) >= 11 is 0. The summed E-state index contributed by atoms with van der Waals surface area (Å²) in [5, 5.41) is 2.87. The zero-order valence-corrected chi connectivity index (χ0v) is 10.6. The van der Waals surface area contributed by atoms with Crippen molar-refractivity contribution >= 4 is 5.91 Å². The van der Waals surface area contributed by atoms with Crippen LogP contribution in [-0.4, -0.2) is 18.5 Å². The van der Waals surface area contributed by atoms with Gasteiger partial charge in [-0.2, -0.15) is 0 Å². The number of amides is 1. The second-order valence-electron chi connectivity index (χ2n) is 4.65. The fraction of sp³-hybridized carbons (Fsp3) is 0.500. The van der Waals surface area contributed by atoms with Crippen LogP contribution in [0.4, 0.5) is 0 Å². The van der Waals surface area contributed by atoms with Crippen LogP contribution in [0.3, 0.4) is 0 Å². The number of nitrogens with one attached hydrogen (secondary N) is 1. The zero-order valence-electron chi connectivity index (χ0n) is 10.6. The summed E-state index contributed by atoms with van der Waals surface area (Å²) in [5.41, 5.74) is 7.04. The fourth-order valence-electron chi connectivity index (χ4n) is 1.57. The Hall–Kier alpha value is -1.35. The Balaban J connectivity index is 2.18. The summed E-state index contributed by atoms with van der Waals surface area (Å²) in [6.45, 7) is 4.59. The lowest BCUT2D eigenvalue weighted by atomic mass is 10.0. The smallest absolute Gasteiger partial charge is 0.237 e. The Labute approximate surface area is 103 Å². The van der Waals surface area contributed by atoms with Crippen LogP contribution in [0, 0.1) is 5.92 Å². The van der Waals surface area contributed by atoms with Crippen molar-refractivity contribution in [1.82, 2.24) is 5.32 Å². The third-order valence-electron chi connectivity index (χ3n) is 2.81. The molecule has 0 aliphatic rings. The van der Waals surface area contributed by atoms with Crippen molar-refractivity contribution in [2.24, 2.45) is 11.7 Å². The molecule has 0 saturated carbocycles. The maximum absolute atomic E-state index is 11.6. The van der Waals surface area contributed by atoms with Gasteiger partial charge in [-0.3, -0.25) is 4.79 Å². The lowest BCUT2D eigenvalue weighted by Crippen LogP contribution is -2.44. The molecule has 3 nitrogen and oxygen atoms in total. The van der Waals surface area contributed by atoms with E-state index in [-0.39, 0.29) is 11.8 Å². The standard InChI is InChI=1S/C14H22N2O/c1-11(2)13(15)14(17)16-10-6-9-12-7-4-3-5-8-12/h3-5,7-8,11,13H,6,9-10,15H2,1-2H3,(H,16,17)/t13-/m0/s1. The summed E-state index contributed by atoms with van der Waals surface area (Å²) in [7, 11) is 0. The highest BCUT2D eigenvalue weighted by Gasteiger charge is 2.15. The minimum atomic E-state index is -0.397. The van der Waals surface area contributed by atoms with E-state index in [9.17, 15) is 4.79 Å². The van der Waals surface area contributed by atoms with Crippen molar-refractivity contribution in [2.75, 3.05) is 6.54 Å². The highest BCUT2D eigenvalue weighted by Crippen LogP contribution is 2.02. The van der Waals surface area contributed by atoms with Crippen LogP contribution in [-0.2, 0) is 11.2 Å². The molecule has 0 aromatic heterocycles. The SMILES string of the molecule is CC(C)[C@H](N)C(=O)NCCCc1ccccc1. The van der Waals surface area contributed by atoms with E-state index < -0.39 is 6.04 Å². The molecule has 0 unspecified atom stereocenters. The van der Waals surface area contributed by atoms with Crippen molar-refractivity contribution in [3.8, 4) is 0 Å². The first kappa shape index (κ1) is 13.7. The van der Waals surface area contributed by atoms with Crippen LogP contribution in [0.15, 0.2) is 30.3 Å². The van der Waals surface area contributed by atoms with Gasteiger partial charge in [-0.1, -0.05) is 44.2 Å². The molecule has 0 bridgehead atoms. The van der Waals surface area contributed by atoms with Gasteiger partial charge in [0.2, 0.25) is 5.91 Å². The van der Waals surface area contributed by atoms with Gasteiger partial charge in [-0.15, -0.1) is 0 Å². The Kier molecular flexibility index (Phi) is 5.70. The molecular formula is C14H22N2O. The van der Waals surface area contributed by atoms with E-state index in [1.165, 1.54) is 5.56 Å². The minimum Gasteiger partial charge on any atom is -0.355 e. The molecular weight excluding hydrogens is 212 g/mol. The average molecular weight is 234 g/mol. The Bertz CT molecular complexity index is 335. The normalized spacial score (nSPS) is 12.5. The van der Waals surface area contributed by atoms with E-state index in [1.54, 1.807) is 0 Å². The monoisotopic (exact) mass is 234 g/mol. The Morgan fingerprint density at radius 2 is 1.94 bits per heavy atom. The van der Waals surface area contributed by atoms with Gasteiger partial charge in [-0.25, -0.2) is 0 Å². The van der Waals surface area contributed by atoms with E-state index in [0.29, 0.717) is 6.54 Å². The molecule has 3 heteroatoms. The molecule has 0 fully saturated rings. The molecule has 1 amide bonds. The number of hydrogen-bond donors (Lipinski definition) is 2. The average Bonchev–Trinajstić information content (AvgIpc) is 2.34. The lowest BCUT2D eigenvalue weighted by molar-refractivity contribution is -0.123. The number of carbonyl (C=O) groups excluding carboxylic acids is 1. The molecule has 0 radical (unpaired) electrons. The second-order valence-corrected chi connectivity index (χ2v) is 4.65. The molecule has 1 rings (SSSR count). The molecule has 0 aliphatic carbocycles. The number of carbonyl (C=O) groups is 1. The van der Waals surface area contributed by atoms with Crippen LogP contribution in [0.1, 0.15) is 25.8 Å². The van der Waals surface area contributed by atoms with Crippen LogP contribution in [0.2, 0.25) is 0 Å². The van der Waals surface area contributed by atoms with E-state index in [2.05, 4.69) is 17.4 Å². The summed E-state index contributed by atoms with van der Waals surface area (Å²) in [6.07, 6.45) is 1.93. The summed E-state index contributed by atoms with van der Waals surface area (Å²) in [6, 6.07) is 9.87. The first-order chi connectivity index (χ1) is 8.11. The highest BCUT2D eigenvalue weighted by atomic mass is 16.2. The summed E-state index contributed by atoms with van der Waals surface area (Å²) < 4.78 is 0. The molecule has 0 heterocycles. The van der Waals surface area contributed by atoms with Crippen LogP contribution in [0.5, 0.6) is 0 Å². The maximum Gasteiger partial charge on any atom is 0.237 e. The minimum absolute atomic E-state index is 0.0481. The topological polar surface area (TPSA) is 55.1 Å². The maximum atomic E-state index is 11.6. The zero-order chi connectivity index (χ0) is 12.7. The van der Waals surface area contributed by atoms with Gasteiger partial charge in [0.25, 0.3) is 0 Å². The number of benzene rings is 1. The first-order valence-electron chi connectivity index (χ1n) is 6.18. The van der Waals surface area contributed by atoms with Crippen molar-refractivity contribution in [3.05, 3.63) is 35.9 Å². The number of aryl methyl sites for hydroxylation is 1. The number of hydrogen-bond acceptors (Lipinski definition) is 2. The predicted molar refractivity (Wildman–Crippen MR) is 70.6 cm³/mol. The largest absolute Gasteiger partial charge is 0.355 e. The molecule has 0 aliphatic heterocycles. The predicted octanol–water partition coefficient (Wildman–Crippen LogP) is 1.72. The molecule has 1 atom stereocenters. The molecule has 3 N–H and O–H groups in total. The van der Waals surface area contributed by atoms with E-state index in [0.717, 1.165) is 12.8 Å². The van der Waals surface area contributed by atoms with Crippen molar-refractivity contribution in [2.45, 2.75) is 32.7 Å². The molecule has 0 saturated heterocycles. The fourth-order valence-corrected chi connectivity index (χ4v) is 1.57. The molecule has 1 aromatic carbocycles. The highest BCUT2D eigenvalue weighted by molar-refractivity contribution is 5.81. The van der Waals surface area contributed by atoms with E-state index in [1.807, 2.05) is 32.0 Å². The van der Waals surface area contributed by atoms with E-state index in [4.69, 9.17) is 5.73 Å². The van der Waals surface area contributed by atoms with Crippen molar-refractivity contribution in [1.29, 1.82) is 0 Å². The second kappa shape index (κ2) is 7.07. The van der Waals surface area contributed by atoms with E-state index >= 15 is 0 Å². The first-order valence-corrected chi connectivity index (χ1v) is 6.18. The van der Waals surface area contributed by atoms with Crippen molar-refractivity contribution < 1.29 is 4.79 Å². The molecule has 0 spiro atoms. The summed E-state index contributed by atoms with van der Waals surface area (Å²) in [5.74, 6) is 0.136. The lowest BCUT2D eigenvalue weighted by Gasteiger charge is -2.15. The van der Waals surface area contributed by atoms with Gasteiger partial charge in [0.05, 0.1) is 6.04 Å². The van der Waals surface area contributed by atoms with Gasteiger partial charge in [0, 0.05) is 6.54 Å². The summed E-state index contributed by atoms with van der Waals surface area (Å²) in [4.78, 5) is 11.6. The van der Waals surface area contributed by atoms with Crippen LogP contribution >= 0.6 is 0 Å². The van der Waals surface area contributed by atoms with Gasteiger partial charge >= 0.3 is 0 Å². The van der Waals surface area contributed by atoms with Gasteiger partial charge in [0.15, 0.2) is 0 Å². The Morgan fingerprint density at radius 1 is 1.29 bits per heavy atom. The number of rotatable bonds is 6. The molecule has 94 valence electrons. The third kappa shape index (κ3) is 5.00. The molecule has 1 aromatic rings. The third-order valence-corrected chi connectivity index (χ3v) is 2.81. The van der Waals surface area contributed by atoms with Gasteiger partial charge in [-0.05, 0) is 24.3 Å². The Morgan fingerprint density at radius 3 is 2.53 bits per heavy atom. The molecule has 17 heavy (non-hydrogen) atoms. The van der Waals surface area contributed by atoms with Gasteiger partial charge < -0.3 is 11.1 Å². The van der Waals surface area contributed by atoms with Crippen LogP contribution in [0.25, 0.3) is 0 Å². The quantitative estimate of drug-likeness (QED) is 0.736. The van der Waals surface area contributed by atoms with Crippen molar-refractivity contribution in [3.63, 3.8) is 0 Å². The van der Waals surface area contributed by atoms with Gasteiger partial charge in [0.1, 0.15) is 0 Å². The number of nitrogens with two attached hydrogens (primary N) is 1. The van der Waals surface area contributed by atoms with Crippen LogP contribution < -0.4 is 11.1 Å².